The monoisotopic (exact) mass is 265 g/mol. The van der Waals surface area contributed by atoms with Crippen molar-refractivity contribution in [3.63, 3.8) is 0 Å². The van der Waals surface area contributed by atoms with Gasteiger partial charge in [0.2, 0.25) is 5.91 Å². The molecule has 0 radical (unpaired) electrons. The quantitative estimate of drug-likeness (QED) is 0.876. The Morgan fingerprint density at radius 3 is 2.44 bits per heavy atom. The highest BCUT2D eigenvalue weighted by atomic mass is 35.5. The van der Waals surface area contributed by atoms with E-state index in [1.165, 1.54) is 19.3 Å². The zero-order valence-corrected chi connectivity index (χ0v) is 11.5. The Kier molecular flexibility index (Phi) is 4.65. The van der Waals surface area contributed by atoms with Crippen molar-refractivity contribution in [1.29, 1.82) is 0 Å². The molecule has 1 aromatic rings. The molecule has 2 rings (SSSR count). The average Bonchev–Trinajstić information content (AvgIpc) is 2.40. The van der Waals surface area contributed by atoms with Gasteiger partial charge in [0.15, 0.2) is 0 Å². The van der Waals surface area contributed by atoms with E-state index < -0.39 is 0 Å². The summed E-state index contributed by atoms with van der Waals surface area (Å²) >= 11 is 5.86. The molecule has 0 aliphatic heterocycles. The van der Waals surface area contributed by atoms with Crippen LogP contribution in [0.15, 0.2) is 24.3 Å². The van der Waals surface area contributed by atoms with Crippen molar-refractivity contribution in [3.05, 3.63) is 34.9 Å². The van der Waals surface area contributed by atoms with Crippen LogP contribution in [0.2, 0.25) is 5.02 Å². The second-order valence-electron chi connectivity index (χ2n) is 5.12. The molecule has 1 atom stereocenters. The number of benzene rings is 1. The third-order valence-electron chi connectivity index (χ3n) is 3.70. The van der Waals surface area contributed by atoms with Crippen LogP contribution in [0.5, 0.6) is 0 Å². The second-order valence-corrected chi connectivity index (χ2v) is 5.55. The predicted molar refractivity (Wildman–Crippen MR) is 74.6 cm³/mol. The Hall–Kier alpha value is -1.02. The molecule has 1 aliphatic rings. The van der Waals surface area contributed by atoms with Crippen molar-refractivity contribution < 1.29 is 4.79 Å². The lowest BCUT2D eigenvalue weighted by atomic mass is 9.88. The Morgan fingerprint density at radius 1 is 1.22 bits per heavy atom. The molecule has 0 bridgehead atoms. The highest BCUT2D eigenvalue weighted by Crippen LogP contribution is 2.25. The molecule has 1 aliphatic carbocycles. The van der Waals surface area contributed by atoms with E-state index in [1.807, 2.05) is 31.2 Å². The lowest BCUT2D eigenvalue weighted by Crippen LogP contribution is -2.33. The number of hydrogen-bond acceptors (Lipinski definition) is 1. The lowest BCUT2D eigenvalue weighted by molar-refractivity contribution is -0.126. The maximum Gasteiger partial charge on any atom is 0.223 e. The van der Waals surface area contributed by atoms with Gasteiger partial charge in [-0.3, -0.25) is 4.79 Å². The number of amides is 1. The molecule has 1 amide bonds. The van der Waals surface area contributed by atoms with E-state index in [1.54, 1.807) is 0 Å². The molecule has 18 heavy (non-hydrogen) atoms. The molecule has 1 unspecified atom stereocenters. The molecule has 98 valence electrons. The fourth-order valence-corrected chi connectivity index (χ4v) is 2.66. The van der Waals surface area contributed by atoms with Crippen molar-refractivity contribution in [2.75, 3.05) is 0 Å². The van der Waals surface area contributed by atoms with E-state index >= 15 is 0 Å². The van der Waals surface area contributed by atoms with Crippen LogP contribution in [-0.4, -0.2) is 5.91 Å². The number of nitrogens with one attached hydrogen (secondary N) is 1. The number of rotatable bonds is 3. The molecule has 1 aromatic carbocycles. The summed E-state index contributed by atoms with van der Waals surface area (Å²) in [5.41, 5.74) is 1.10. The standard InChI is InChI=1S/C15H20ClNO/c1-11(12-7-9-14(16)10-8-12)17-15(18)13-5-3-2-4-6-13/h7-11,13H,2-6H2,1H3,(H,17,18). The van der Waals surface area contributed by atoms with Crippen molar-refractivity contribution in [2.45, 2.75) is 45.1 Å². The first-order valence-electron chi connectivity index (χ1n) is 6.72. The van der Waals surface area contributed by atoms with E-state index in [4.69, 9.17) is 11.6 Å². The van der Waals surface area contributed by atoms with Gasteiger partial charge in [-0.15, -0.1) is 0 Å². The van der Waals surface area contributed by atoms with Crippen LogP contribution in [0.25, 0.3) is 0 Å². The third-order valence-corrected chi connectivity index (χ3v) is 3.96. The Balaban J connectivity index is 1.91. The van der Waals surface area contributed by atoms with Crippen LogP contribution in [0.3, 0.4) is 0 Å². The first-order valence-corrected chi connectivity index (χ1v) is 7.10. The van der Waals surface area contributed by atoms with Crippen LogP contribution in [-0.2, 0) is 4.79 Å². The SMILES string of the molecule is CC(NC(=O)C1CCCCC1)c1ccc(Cl)cc1. The molecular weight excluding hydrogens is 246 g/mol. The second kappa shape index (κ2) is 6.24. The normalized spacial score (nSPS) is 18.3. The van der Waals surface area contributed by atoms with Gasteiger partial charge >= 0.3 is 0 Å². The summed E-state index contributed by atoms with van der Waals surface area (Å²) in [6.45, 7) is 2.02. The smallest absolute Gasteiger partial charge is 0.223 e. The highest BCUT2D eigenvalue weighted by molar-refractivity contribution is 6.30. The highest BCUT2D eigenvalue weighted by Gasteiger charge is 2.22. The van der Waals surface area contributed by atoms with Gasteiger partial charge in [-0.05, 0) is 37.5 Å². The van der Waals surface area contributed by atoms with Crippen LogP contribution in [0.4, 0.5) is 0 Å². The Morgan fingerprint density at radius 2 is 1.83 bits per heavy atom. The average molecular weight is 266 g/mol. The first-order chi connectivity index (χ1) is 8.66. The Labute approximate surface area is 114 Å². The Bertz CT molecular complexity index is 395. The minimum absolute atomic E-state index is 0.0525. The number of carbonyl (C=O) groups excluding carboxylic acids is 1. The first kappa shape index (κ1) is 13.4. The van der Waals surface area contributed by atoms with Gasteiger partial charge < -0.3 is 5.32 Å². The molecule has 1 N–H and O–H groups in total. The van der Waals surface area contributed by atoms with Crippen molar-refractivity contribution >= 4 is 17.5 Å². The van der Waals surface area contributed by atoms with Crippen LogP contribution >= 0.6 is 11.6 Å². The molecular formula is C15H20ClNO. The molecule has 0 aromatic heterocycles. The van der Waals surface area contributed by atoms with Gasteiger partial charge in [0, 0.05) is 10.9 Å². The summed E-state index contributed by atoms with van der Waals surface area (Å²) < 4.78 is 0. The molecule has 3 heteroatoms. The van der Waals surface area contributed by atoms with Gasteiger partial charge in [-0.1, -0.05) is 43.0 Å². The van der Waals surface area contributed by atoms with Crippen molar-refractivity contribution in [3.8, 4) is 0 Å². The van der Waals surface area contributed by atoms with Crippen molar-refractivity contribution in [1.82, 2.24) is 5.32 Å². The molecule has 1 fully saturated rings. The summed E-state index contributed by atoms with van der Waals surface area (Å²) in [6, 6.07) is 7.71. The number of carbonyl (C=O) groups is 1. The summed E-state index contributed by atoms with van der Waals surface area (Å²) in [6.07, 6.45) is 5.73. The topological polar surface area (TPSA) is 29.1 Å². The van der Waals surface area contributed by atoms with Gasteiger partial charge in [0.25, 0.3) is 0 Å². The number of hydrogen-bond donors (Lipinski definition) is 1. The van der Waals surface area contributed by atoms with E-state index in [-0.39, 0.29) is 17.9 Å². The van der Waals surface area contributed by atoms with Gasteiger partial charge in [0.05, 0.1) is 6.04 Å². The molecule has 0 saturated heterocycles. The van der Waals surface area contributed by atoms with Crippen molar-refractivity contribution in [2.24, 2.45) is 5.92 Å². The molecule has 2 nitrogen and oxygen atoms in total. The van der Waals surface area contributed by atoms with E-state index in [9.17, 15) is 4.79 Å². The minimum Gasteiger partial charge on any atom is -0.349 e. The molecule has 0 heterocycles. The minimum atomic E-state index is 0.0525. The summed E-state index contributed by atoms with van der Waals surface area (Å²) in [5, 5.41) is 3.83. The fraction of sp³-hybridized carbons (Fsp3) is 0.533. The van der Waals surface area contributed by atoms with Crippen LogP contribution in [0.1, 0.15) is 50.6 Å². The van der Waals surface area contributed by atoms with Crippen LogP contribution < -0.4 is 5.32 Å². The fourth-order valence-electron chi connectivity index (χ4n) is 2.53. The van der Waals surface area contributed by atoms with Crippen LogP contribution in [0, 0.1) is 5.92 Å². The summed E-state index contributed by atoms with van der Waals surface area (Å²) in [5.74, 6) is 0.422. The largest absolute Gasteiger partial charge is 0.349 e. The summed E-state index contributed by atoms with van der Waals surface area (Å²) in [4.78, 5) is 12.1. The molecule has 0 spiro atoms. The maximum atomic E-state index is 12.1. The molecule has 1 saturated carbocycles. The van der Waals surface area contributed by atoms with E-state index in [2.05, 4.69) is 5.32 Å². The van der Waals surface area contributed by atoms with Gasteiger partial charge in [-0.25, -0.2) is 0 Å². The maximum absolute atomic E-state index is 12.1. The van der Waals surface area contributed by atoms with E-state index in [0.29, 0.717) is 0 Å². The zero-order valence-electron chi connectivity index (χ0n) is 10.8. The predicted octanol–water partition coefficient (Wildman–Crippen LogP) is 4.10. The number of halogens is 1. The summed E-state index contributed by atoms with van der Waals surface area (Å²) in [7, 11) is 0. The van der Waals surface area contributed by atoms with E-state index in [0.717, 1.165) is 23.4 Å². The zero-order chi connectivity index (χ0) is 13.0. The lowest BCUT2D eigenvalue weighted by Gasteiger charge is -2.23. The van der Waals surface area contributed by atoms with Gasteiger partial charge in [-0.2, -0.15) is 0 Å². The third kappa shape index (κ3) is 3.49. The van der Waals surface area contributed by atoms with Gasteiger partial charge in [0.1, 0.15) is 0 Å².